The van der Waals surface area contributed by atoms with Crippen molar-refractivity contribution in [2.75, 3.05) is 17.4 Å². The monoisotopic (exact) mass is 773 g/mol. The number of ether oxygens (including phenoxy) is 1. The van der Waals surface area contributed by atoms with Crippen LogP contribution in [0.5, 0.6) is 11.5 Å². The van der Waals surface area contributed by atoms with Crippen LogP contribution in [0.4, 0.5) is 15.8 Å². The molecule has 4 aromatic rings. The Balaban J connectivity index is 1.34. The van der Waals surface area contributed by atoms with Gasteiger partial charge in [0, 0.05) is 21.5 Å². The molecule has 6 atom stereocenters. The predicted octanol–water partition coefficient (Wildman–Crippen LogP) is 8.00. The molecule has 4 aromatic carbocycles. The largest absolute Gasteiger partial charge is 0.505 e. The maximum absolute atomic E-state index is 15.4. The van der Waals surface area contributed by atoms with Crippen LogP contribution in [0.3, 0.4) is 0 Å². The number of aryl methyl sites for hydroxylation is 1. The number of rotatable bonds is 6. The fourth-order valence-electron chi connectivity index (χ4n) is 8.93. The Labute approximate surface area is 318 Å². The third-order valence-electron chi connectivity index (χ3n) is 11.3. The average molecular weight is 775 g/mol. The molecular formula is C40H31Cl3FN3O6. The highest BCUT2D eigenvalue weighted by Gasteiger charge is 2.70. The zero-order valence-corrected chi connectivity index (χ0v) is 30.5. The molecule has 2 saturated heterocycles. The number of allylic oxidation sites excluding steroid dienone is 2. The van der Waals surface area contributed by atoms with Crippen LogP contribution in [0.15, 0.2) is 90.5 Å². The number of amides is 4. The third-order valence-corrected chi connectivity index (χ3v) is 12.3. The predicted molar refractivity (Wildman–Crippen MR) is 197 cm³/mol. The summed E-state index contributed by atoms with van der Waals surface area (Å²) in [7, 11) is 1.50. The maximum atomic E-state index is 15.4. The van der Waals surface area contributed by atoms with Crippen molar-refractivity contribution in [3.8, 4) is 11.5 Å². The van der Waals surface area contributed by atoms with E-state index in [4.69, 9.17) is 39.5 Å². The number of anilines is 2. The second kappa shape index (κ2) is 12.9. The van der Waals surface area contributed by atoms with Crippen molar-refractivity contribution >= 4 is 69.8 Å². The van der Waals surface area contributed by atoms with Crippen LogP contribution in [0.1, 0.15) is 35.4 Å². The number of para-hydroxylation sites is 1. The summed E-state index contributed by atoms with van der Waals surface area (Å²) in [5.74, 6) is -8.00. The normalized spacial score (nSPS) is 26.3. The number of fused-ring (bicyclic) bond motifs is 4. The number of methoxy groups -OCH3 is 1. The lowest BCUT2D eigenvalue weighted by molar-refractivity contribution is -0.138. The molecule has 0 bridgehead atoms. The standard InChI is InChI=1S/C40H31Cl3FN3O6/c1-19-6-10-22(17-29(19)42)46-36(49)25-14-13-24-27(33(25)38(46)51)18-28-37(50)47(45-32-15-9-21(41)16-30(32)43)39(52)40(28,20-7-11-23(53-2)12-8-20)34(24)26-4-3-5-31(44)35(26)48/h3-13,15-17,25,27-28,33-34,45,48H,14,18H2,1-2H3. The molecule has 4 aliphatic rings. The first-order valence-electron chi connectivity index (χ1n) is 16.9. The number of imide groups is 2. The first-order valence-corrected chi connectivity index (χ1v) is 18.1. The second-order valence-electron chi connectivity index (χ2n) is 13.8. The molecule has 13 heteroatoms. The fourth-order valence-corrected chi connectivity index (χ4v) is 9.55. The number of halogens is 4. The van der Waals surface area contributed by atoms with Gasteiger partial charge in [-0.25, -0.2) is 9.29 Å². The Kier molecular flexibility index (Phi) is 8.55. The highest BCUT2D eigenvalue weighted by Crippen LogP contribution is 2.65. The molecular weight excluding hydrogens is 744 g/mol. The van der Waals surface area contributed by atoms with E-state index in [9.17, 15) is 19.5 Å². The number of phenolic OH excluding ortho intramolecular Hbond substituents is 1. The summed E-state index contributed by atoms with van der Waals surface area (Å²) in [5.41, 5.74) is 3.51. The van der Waals surface area contributed by atoms with Gasteiger partial charge in [-0.15, -0.1) is 0 Å². The van der Waals surface area contributed by atoms with E-state index in [-0.39, 0.29) is 29.1 Å². The van der Waals surface area contributed by atoms with Gasteiger partial charge >= 0.3 is 0 Å². The molecule has 6 unspecified atom stereocenters. The molecule has 0 radical (unpaired) electrons. The van der Waals surface area contributed by atoms with Gasteiger partial charge in [0.25, 0.3) is 11.8 Å². The number of nitrogens with one attached hydrogen (secondary N) is 1. The minimum atomic E-state index is -1.76. The molecule has 3 fully saturated rings. The van der Waals surface area contributed by atoms with Crippen LogP contribution in [0.25, 0.3) is 0 Å². The lowest BCUT2D eigenvalue weighted by Gasteiger charge is -2.50. The van der Waals surface area contributed by atoms with Crippen molar-refractivity contribution in [3.63, 3.8) is 0 Å². The molecule has 2 aliphatic carbocycles. The fraction of sp³-hybridized carbons (Fsp3) is 0.250. The van der Waals surface area contributed by atoms with Crippen LogP contribution < -0.4 is 15.1 Å². The summed E-state index contributed by atoms with van der Waals surface area (Å²) in [5, 5.41) is 13.2. The van der Waals surface area contributed by atoms with E-state index >= 15 is 9.18 Å². The first kappa shape index (κ1) is 35.1. The summed E-state index contributed by atoms with van der Waals surface area (Å²) >= 11 is 19.1. The van der Waals surface area contributed by atoms with E-state index in [0.29, 0.717) is 32.6 Å². The summed E-state index contributed by atoms with van der Waals surface area (Å²) in [6.45, 7) is 1.81. The minimum absolute atomic E-state index is 0.00970. The number of aromatic hydroxyl groups is 1. The van der Waals surface area contributed by atoms with Crippen molar-refractivity contribution in [2.24, 2.45) is 23.7 Å². The Morgan fingerprint density at radius 1 is 0.887 bits per heavy atom. The van der Waals surface area contributed by atoms with Gasteiger partial charge in [-0.1, -0.05) is 76.8 Å². The zero-order valence-electron chi connectivity index (χ0n) is 28.3. The molecule has 9 nitrogen and oxygen atoms in total. The molecule has 2 N–H and O–H groups in total. The minimum Gasteiger partial charge on any atom is -0.505 e. The number of hydrogen-bond acceptors (Lipinski definition) is 7. The molecule has 270 valence electrons. The summed E-state index contributed by atoms with van der Waals surface area (Å²) in [4.78, 5) is 59.8. The number of carbonyl (C=O) groups excluding carboxylic acids is 4. The van der Waals surface area contributed by atoms with Crippen molar-refractivity contribution < 1.29 is 33.4 Å². The highest BCUT2D eigenvalue weighted by molar-refractivity contribution is 6.36. The first-order chi connectivity index (χ1) is 25.4. The topological polar surface area (TPSA) is 116 Å². The summed E-state index contributed by atoms with van der Waals surface area (Å²) in [6, 6.07) is 20.2. The SMILES string of the molecule is COc1ccc(C23C(=O)N(Nc4ccc(Cl)cc4Cl)C(=O)C2CC2C(=CCC4C(=O)N(c5ccc(C)c(Cl)c5)C(=O)C42)C3c2cccc(F)c2O)cc1. The van der Waals surface area contributed by atoms with Crippen molar-refractivity contribution in [2.45, 2.75) is 31.1 Å². The van der Waals surface area contributed by atoms with Gasteiger partial charge in [-0.2, -0.15) is 5.01 Å². The Hall–Kier alpha value is -4.90. The molecule has 2 heterocycles. The summed E-state index contributed by atoms with van der Waals surface area (Å²) < 4.78 is 20.8. The van der Waals surface area contributed by atoms with E-state index in [0.717, 1.165) is 21.5 Å². The number of hydrazine groups is 1. The van der Waals surface area contributed by atoms with Gasteiger partial charge in [0.1, 0.15) is 5.75 Å². The Morgan fingerprint density at radius 3 is 2.34 bits per heavy atom. The van der Waals surface area contributed by atoms with E-state index in [1.54, 1.807) is 48.5 Å². The van der Waals surface area contributed by atoms with Crippen LogP contribution in [-0.2, 0) is 24.6 Å². The van der Waals surface area contributed by atoms with Gasteiger partial charge in [-0.05, 0) is 85.3 Å². The molecule has 53 heavy (non-hydrogen) atoms. The molecule has 0 aromatic heterocycles. The number of phenols is 1. The highest BCUT2D eigenvalue weighted by atomic mass is 35.5. The van der Waals surface area contributed by atoms with E-state index < -0.39 is 70.2 Å². The van der Waals surface area contributed by atoms with Gasteiger partial charge in [-0.3, -0.25) is 24.6 Å². The van der Waals surface area contributed by atoms with Crippen molar-refractivity contribution in [1.29, 1.82) is 0 Å². The van der Waals surface area contributed by atoms with E-state index in [1.807, 2.05) is 13.0 Å². The average Bonchev–Trinajstić information content (AvgIpc) is 3.52. The summed E-state index contributed by atoms with van der Waals surface area (Å²) in [6.07, 6.45) is 1.95. The van der Waals surface area contributed by atoms with Crippen molar-refractivity contribution in [1.82, 2.24) is 5.01 Å². The number of nitrogens with zero attached hydrogens (tertiary/aromatic N) is 2. The van der Waals surface area contributed by atoms with Crippen LogP contribution >= 0.6 is 34.8 Å². The number of hydrogen-bond donors (Lipinski definition) is 2. The van der Waals surface area contributed by atoms with E-state index in [1.165, 1.54) is 31.4 Å². The number of carbonyl (C=O) groups is 4. The Morgan fingerprint density at radius 2 is 1.64 bits per heavy atom. The van der Waals surface area contributed by atoms with Crippen LogP contribution in [0.2, 0.25) is 15.1 Å². The van der Waals surface area contributed by atoms with Crippen LogP contribution in [0, 0.1) is 36.4 Å². The van der Waals surface area contributed by atoms with Gasteiger partial charge in [0.2, 0.25) is 11.8 Å². The number of benzene rings is 4. The quantitative estimate of drug-likeness (QED) is 0.151. The lowest BCUT2D eigenvalue weighted by Crippen LogP contribution is -2.53. The molecule has 4 amide bonds. The third kappa shape index (κ3) is 5.17. The van der Waals surface area contributed by atoms with Crippen molar-refractivity contribution in [3.05, 3.63) is 128 Å². The lowest BCUT2D eigenvalue weighted by atomic mass is 9.49. The van der Waals surface area contributed by atoms with Crippen LogP contribution in [-0.4, -0.2) is 40.9 Å². The molecule has 0 spiro atoms. The van der Waals surface area contributed by atoms with Gasteiger partial charge < -0.3 is 9.84 Å². The molecule has 1 saturated carbocycles. The molecule has 2 aliphatic heterocycles. The Bertz CT molecular complexity index is 2280. The second-order valence-corrected chi connectivity index (χ2v) is 15.1. The van der Waals surface area contributed by atoms with Gasteiger partial charge in [0.15, 0.2) is 11.6 Å². The van der Waals surface area contributed by atoms with Gasteiger partial charge in [0.05, 0.1) is 46.7 Å². The molecule has 8 rings (SSSR count). The zero-order chi connectivity index (χ0) is 37.5. The maximum Gasteiger partial charge on any atom is 0.260 e. The van der Waals surface area contributed by atoms with E-state index in [2.05, 4.69) is 5.43 Å². The smallest absolute Gasteiger partial charge is 0.260 e.